The molecule has 1 aromatic carbocycles. The maximum absolute atomic E-state index is 11.5. The van der Waals surface area contributed by atoms with Gasteiger partial charge in [-0.25, -0.2) is 0 Å². The lowest BCUT2D eigenvalue weighted by Crippen LogP contribution is -2.02. The van der Waals surface area contributed by atoms with Gasteiger partial charge in [-0.3, -0.25) is 4.79 Å². The fraction of sp³-hybridized carbons (Fsp3) is 0.300. The molecule has 0 heterocycles. The zero-order valence-corrected chi connectivity index (χ0v) is 9.81. The highest BCUT2D eigenvalue weighted by molar-refractivity contribution is 9.10. The average molecular weight is 278 g/mol. The van der Waals surface area contributed by atoms with Gasteiger partial charge in [0.1, 0.15) is 0 Å². The van der Waals surface area contributed by atoms with Gasteiger partial charge in [0, 0.05) is 22.3 Å². The SMILES string of the molecule is O=C(CCCl)c1cccc(CO)c1Br. The van der Waals surface area contributed by atoms with E-state index in [1.165, 1.54) is 0 Å². The number of benzene rings is 1. The summed E-state index contributed by atoms with van der Waals surface area (Å²) in [6.45, 7) is -0.0808. The second kappa shape index (κ2) is 5.49. The summed E-state index contributed by atoms with van der Waals surface area (Å²) in [5.41, 5.74) is 1.29. The van der Waals surface area contributed by atoms with E-state index in [4.69, 9.17) is 16.7 Å². The minimum absolute atomic E-state index is 0.0119. The van der Waals surface area contributed by atoms with Crippen molar-refractivity contribution >= 4 is 33.3 Å². The first-order chi connectivity index (χ1) is 6.70. The van der Waals surface area contributed by atoms with Crippen LogP contribution in [0.2, 0.25) is 0 Å². The summed E-state index contributed by atoms with van der Waals surface area (Å²) in [6.07, 6.45) is 0.315. The molecule has 4 heteroatoms. The van der Waals surface area contributed by atoms with Gasteiger partial charge in [-0.2, -0.15) is 0 Å². The Balaban J connectivity index is 3.03. The van der Waals surface area contributed by atoms with E-state index in [-0.39, 0.29) is 12.4 Å². The van der Waals surface area contributed by atoms with Crippen LogP contribution in [-0.2, 0) is 6.61 Å². The summed E-state index contributed by atoms with van der Waals surface area (Å²) >= 11 is 8.77. The topological polar surface area (TPSA) is 37.3 Å². The van der Waals surface area contributed by atoms with E-state index in [1.807, 2.05) is 0 Å². The van der Waals surface area contributed by atoms with Crippen LogP contribution < -0.4 is 0 Å². The number of alkyl halides is 1. The predicted octanol–water partition coefficient (Wildman–Crippen LogP) is 2.75. The first-order valence-electron chi connectivity index (χ1n) is 4.18. The Labute approximate surface area is 96.0 Å². The molecule has 1 rings (SSSR count). The highest BCUT2D eigenvalue weighted by Gasteiger charge is 2.11. The third kappa shape index (κ3) is 2.56. The van der Waals surface area contributed by atoms with Crippen molar-refractivity contribution in [3.8, 4) is 0 Å². The number of halogens is 2. The molecule has 0 atom stereocenters. The summed E-state index contributed by atoms with van der Waals surface area (Å²) in [6, 6.07) is 5.23. The molecule has 0 bridgehead atoms. The van der Waals surface area contributed by atoms with Crippen LogP contribution in [0.4, 0.5) is 0 Å². The van der Waals surface area contributed by atoms with Crippen LogP contribution in [0.25, 0.3) is 0 Å². The highest BCUT2D eigenvalue weighted by Crippen LogP contribution is 2.23. The van der Waals surface area contributed by atoms with Crippen molar-refractivity contribution in [1.29, 1.82) is 0 Å². The molecule has 0 spiro atoms. The largest absolute Gasteiger partial charge is 0.392 e. The molecule has 0 aliphatic heterocycles. The number of carbonyl (C=O) groups is 1. The molecule has 2 nitrogen and oxygen atoms in total. The number of hydrogen-bond donors (Lipinski definition) is 1. The summed E-state index contributed by atoms with van der Waals surface area (Å²) in [5.74, 6) is 0.302. The van der Waals surface area contributed by atoms with Crippen molar-refractivity contribution in [3.63, 3.8) is 0 Å². The van der Waals surface area contributed by atoms with E-state index in [0.717, 1.165) is 0 Å². The Morgan fingerprint density at radius 2 is 2.21 bits per heavy atom. The van der Waals surface area contributed by atoms with E-state index in [2.05, 4.69) is 15.9 Å². The van der Waals surface area contributed by atoms with E-state index in [1.54, 1.807) is 18.2 Å². The van der Waals surface area contributed by atoms with Crippen LogP contribution in [0.1, 0.15) is 22.3 Å². The second-order valence-corrected chi connectivity index (χ2v) is 3.97. The first-order valence-corrected chi connectivity index (χ1v) is 5.51. The van der Waals surface area contributed by atoms with Gasteiger partial charge < -0.3 is 5.11 Å². The molecule has 76 valence electrons. The van der Waals surface area contributed by atoms with Crippen LogP contribution in [0.15, 0.2) is 22.7 Å². The Morgan fingerprint density at radius 3 is 2.79 bits per heavy atom. The highest BCUT2D eigenvalue weighted by atomic mass is 79.9. The molecule has 0 amide bonds. The number of Topliss-reactive ketones (excluding diaryl/α,β-unsaturated/α-hetero) is 1. The molecule has 0 aliphatic carbocycles. The Morgan fingerprint density at radius 1 is 1.50 bits per heavy atom. The predicted molar refractivity (Wildman–Crippen MR) is 59.7 cm³/mol. The molecule has 0 unspecified atom stereocenters. The van der Waals surface area contributed by atoms with Gasteiger partial charge in [-0.1, -0.05) is 18.2 Å². The van der Waals surface area contributed by atoms with Crippen LogP contribution in [-0.4, -0.2) is 16.8 Å². The minimum Gasteiger partial charge on any atom is -0.392 e. The summed E-state index contributed by atoms with van der Waals surface area (Å²) in [4.78, 5) is 11.5. The van der Waals surface area contributed by atoms with Crippen LogP contribution >= 0.6 is 27.5 Å². The smallest absolute Gasteiger partial charge is 0.165 e. The lowest BCUT2D eigenvalue weighted by molar-refractivity contribution is 0.0988. The van der Waals surface area contributed by atoms with Crippen molar-refractivity contribution in [1.82, 2.24) is 0 Å². The zero-order valence-electron chi connectivity index (χ0n) is 7.46. The number of hydrogen-bond acceptors (Lipinski definition) is 2. The van der Waals surface area contributed by atoms with E-state index < -0.39 is 0 Å². The summed E-state index contributed by atoms with van der Waals surface area (Å²) in [7, 11) is 0. The minimum atomic E-state index is -0.0808. The molecule has 0 aliphatic rings. The number of rotatable bonds is 4. The summed E-state index contributed by atoms with van der Waals surface area (Å²) in [5, 5.41) is 8.99. The average Bonchev–Trinajstić information content (AvgIpc) is 2.18. The van der Waals surface area contributed by atoms with Gasteiger partial charge in [0.2, 0.25) is 0 Å². The van der Waals surface area contributed by atoms with Crippen molar-refractivity contribution in [3.05, 3.63) is 33.8 Å². The van der Waals surface area contributed by atoms with Gasteiger partial charge in [0.25, 0.3) is 0 Å². The number of aliphatic hydroxyl groups excluding tert-OH is 1. The molecular weight excluding hydrogens is 267 g/mol. The molecule has 1 N–H and O–H groups in total. The van der Waals surface area contributed by atoms with Gasteiger partial charge >= 0.3 is 0 Å². The first kappa shape index (κ1) is 11.7. The number of aliphatic hydroxyl groups is 1. The molecule has 0 radical (unpaired) electrons. The van der Waals surface area contributed by atoms with Gasteiger partial charge in [0.05, 0.1) is 6.61 Å². The van der Waals surface area contributed by atoms with Crippen LogP contribution in [0, 0.1) is 0 Å². The van der Waals surface area contributed by atoms with Crippen molar-refractivity contribution in [2.75, 3.05) is 5.88 Å². The summed E-state index contributed by atoms with van der Waals surface area (Å²) < 4.78 is 0.664. The monoisotopic (exact) mass is 276 g/mol. The maximum atomic E-state index is 11.5. The molecule has 0 saturated carbocycles. The van der Waals surface area contributed by atoms with Gasteiger partial charge in [-0.05, 0) is 21.5 Å². The number of ketones is 1. The van der Waals surface area contributed by atoms with E-state index in [0.29, 0.717) is 27.9 Å². The standard InChI is InChI=1S/C10H10BrClO2/c11-10-7(6-13)2-1-3-8(10)9(14)4-5-12/h1-3,13H,4-6H2. The normalized spacial score (nSPS) is 10.2. The van der Waals surface area contributed by atoms with Gasteiger partial charge in [0.15, 0.2) is 5.78 Å². The van der Waals surface area contributed by atoms with Crippen molar-refractivity contribution < 1.29 is 9.90 Å². The molecule has 0 fully saturated rings. The van der Waals surface area contributed by atoms with Gasteiger partial charge in [-0.15, -0.1) is 11.6 Å². The third-order valence-electron chi connectivity index (χ3n) is 1.87. The number of carbonyl (C=O) groups excluding carboxylic acids is 1. The van der Waals surface area contributed by atoms with E-state index in [9.17, 15) is 4.79 Å². The fourth-order valence-corrected chi connectivity index (χ4v) is 1.92. The lowest BCUT2D eigenvalue weighted by atomic mass is 10.1. The van der Waals surface area contributed by atoms with Crippen molar-refractivity contribution in [2.24, 2.45) is 0 Å². The third-order valence-corrected chi connectivity index (χ3v) is 3.00. The second-order valence-electron chi connectivity index (χ2n) is 2.80. The Kier molecular flexibility index (Phi) is 4.58. The Hall–Kier alpha value is -0.380. The van der Waals surface area contributed by atoms with E-state index >= 15 is 0 Å². The zero-order chi connectivity index (χ0) is 10.6. The van der Waals surface area contributed by atoms with Crippen LogP contribution in [0.5, 0.6) is 0 Å². The fourth-order valence-electron chi connectivity index (χ4n) is 1.14. The molecular formula is C10H10BrClO2. The molecule has 14 heavy (non-hydrogen) atoms. The van der Waals surface area contributed by atoms with Crippen LogP contribution in [0.3, 0.4) is 0 Å². The maximum Gasteiger partial charge on any atom is 0.165 e. The quantitative estimate of drug-likeness (QED) is 0.679. The Bertz CT molecular complexity index is 339. The molecule has 1 aromatic rings. The van der Waals surface area contributed by atoms with Crippen molar-refractivity contribution in [2.45, 2.75) is 13.0 Å². The lowest BCUT2D eigenvalue weighted by Gasteiger charge is -2.06. The molecule has 0 aromatic heterocycles. The molecule has 0 saturated heterocycles.